The molecule has 1 amide bonds. The van der Waals surface area contributed by atoms with Crippen molar-refractivity contribution >= 4 is 27.7 Å². The minimum Gasteiger partial charge on any atom is -0.355 e. The molecule has 1 fully saturated rings. The first-order valence-corrected chi connectivity index (χ1v) is 9.08. The predicted octanol–water partition coefficient (Wildman–Crippen LogP) is 1.37. The summed E-state index contributed by atoms with van der Waals surface area (Å²) in [5, 5.41) is 2.83. The van der Waals surface area contributed by atoms with Gasteiger partial charge in [0.05, 0.1) is 6.54 Å². The maximum Gasteiger partial charge on any atom is 0.282 e. The fraction of sp³-hybridized carbons (Fsp3) is 0.500. The quantitative estimate of drug-likeness (QED) is 0.829. The first-order valence-electron chi connectivity index (χ1n) is 7.30. The van der Waals surface area contributed by atoms with E-state index in [1.54, 1.807) is 0 Å². The number of carbonyl (C=O) groups excluding carboxylic acids is 1. The molecule has 0 atom stereocenters. The molecular formula is C14H19ClFN3O3S. The van der Waals surface area contributed by atoms with Crippen LogP contribution in [0.3, 0.4) is 0 Å². The van der Waals surface area contributed by atoms with E-state index in [-0.39, 0.29) is 37.1 Å². The lowest BCUT2D eigenvalue weighted by Gasteiger charge is -2.18. The van der Waals surface area contributed by atoms with Crippen LogP contribution >= 0.6 is 11.6 Å². The number of nitrogens with one attached hydrogen (secondary N) is 1. The van der Waals surface area contributed by atoms with Gasteiger partial charge in [-0.25, -0.2) is 4.39 Å². The van der Waals surface area contributed by atoms with Crippen LogP contribution in [0, 0.1) is 5.82 Å². The maximum atomic E-state index is 13.1. The van der Waals surface area contributed by atoms with Crippen molar-refractivity contribution in [1.82, 2.24) is 13.9 Å². The predicted molar refractivity (Wildman–Crippen MR) is 85.6 cm³/mol. The van der Waals surface area contributed by atoms with Crippen LogP contribution in [-0.2, 0) is 21.5 Å². The third-order valence-electron chi connectivity index (χ3n) is 3.51. The number of amides is 1. The highest BCUT2D eigenvalue weighted by Gasteiger charge is 2.37. The Morgan fingerprint density at radius 2 is 2.04 bits per heavy atom. The topological polar surface area (TPSA) is 69.7 Å². The van der Waals surface area contributed by atoms with Crippen LogP contribution in [0.15, 0.2) is 18.2 Å². The highest BCUT2D eigenvalue weighted by atomic mass is 35.5. The number of rotatable bonds is 6. The van der Waals surface area contributed by atoms with E-state index in [1.165, 1.54) is 16.4 Å². The highest BCUT2D eigenvalue weighted by Crippen LogP contribution is 2.24. The Labute approximate surface area is 140 Å². The Hall–Kier alpha value is -1.22. The van der Waals surface area contributed by atoms with Crippen molar-refractivity contribution in [1.29, 1.82) is 0 Å². The summed E-state index contributed by atoms with van der Waals surface area (Å²) in [7, 11) is -3.72. The van der Waals surface area contributed by atoms with E-state index in [4.69, 9.17) is 11.6 Å². The Bertz CT molecular complexity index is 684. The van der Waals surface area contributed by atoms with E-state index in [0.717, 1.165) is 16.8 Å². The summed E-state index contributed by atoms with van der Waals surface area (Å²) in [6, 6.07) is 3.85. The molecule has 0 aromatic heterocycles. The van der Waals surface area contributed by atoms with Gasteiger partial charge in [0, 0.05) is 31.2 Å². The van der Waals surface area contributed by atoms with Gasteiger partial charge >= 0.3 is 0 Å². The van der Waals surface area contributed by atoms with E-state index in [2.05, 4.69) is 5.32 Å². The molecule has 1 saturated heterocycles. The molecule has 0 aliphatic carbocycles. The van der Waals surface area contributed by atoms with Crippen LogP contribution in [0.25, 0.3) is 0 Å². The molecule has 1 heterocycles. The molecule has 0 spiro atoms. The van der Waals surface area contributed by atoms with E-state index in [9.17, 15) is 17.6 Å². The molecule has 1 N–H and O–H groups in total. The van der Waals surface area contributed by atoms with Gasteiger partial charge in [0.15, 0.2) is 0 Å². The monoisotopic (exact) mass is 363 g/mol. The summed E-state index contributed by atoms with van der Waals surface area (Å²) in [6.07, 6.45) is 0.785. The number of carbonyl (C=O) groups is 1. The normalized spacial score (nSPS) is 18.2. The van der Waals surface area contributed by atoms with Gasteiger partial charge < -0.3 is 5.32 Å². The summed E-state index contributed by atoms with van der Waals surface area (Å²) in [5.41, 5.74) is 0.522. The van der Waals surface area contributed by atoms with Gasteiger partial charge in [-0.3, -0.25) is 4.79 Å². The third-order valence-corrected chi connectivity index (χ3v) is 5.79. The summed E-state index contributed by atoms with van der Waals surface area (Å²) in [5.74, 6) is -0.797. The lowest BCUT2D eigenvalue weighted by molar-refractivity contribution is -0.121. The second kappa shape index (κ2) is 7.57. The first kappa shape index (κ1) is 18.1. The standard InChI is InChI=1S/C14H19ClFN3O3S/c1-2-5-17-14(20)10-19-7-6-18(23(19,21)22)9-11-3-4-12(16)8-13(11)15/h3-4,8H,2,5-7,9-10H2,1H3,(H,17,20). The molecule has 0 unspecified atom stereocenters. The van der Waals surface area contributed by atoms with Gasteiger partial charge in [0.25, 0.3) is 10.2 Å². The van der Waals surface area contributed by atoms with Gasteiger partial charge in [0.1, 0.15) is 5.82 Å². The molecule has 0 saturated carbocycles. The number of hydrogen-bond donors (Lipinski definition) is 1. The second-order valence-corrected chi connectivity index (χ2v) is 7.60. The summed E-state index contributed by atoms with van der Waals surface area (Å²) in [6.45, 7) is 2.78. The average molecular weight is 364 g/mol. The van der Waals surface area contributed by atoms with Crippen LogP contribution in [0.5, 0.6) is 0 Å². The Morgan fingerprint density at radius 1 is 1.35 bits per heavy atom. The summed E-state index contributed by atoms with van der Waals surface area (Å²) in [4.78, 5) is 11.7. The van der Waals surface area contributed by atoms with Gasteiger partial charge in [-0.2, -0.15) is 17.0 Å². The fourth-order valence-electron chi connectivity index (χ4n) is 2.26. The fourth-order valence-corrected chi connectivity index (χ4v) is 4.02. The molecular weight excluding hydrogens is 345 g/mol. The van der Waals surface area contributed by atoms with Crippen LogP contribution in [0.2, 0.25) is 5.02 Å². The second-order valence-electron chi connectivity index (χ2n) is 5.26. The Morgan fingerprint density at radius 3 is 2.70 bits per heavy atom. The van der Waals surface area contributed by atoms with E-state index < -0.39 is 16.0 Å². The smallest absolute Gasteiger partial charge is 0.282 e. The van der Waals surface area contributed by atoms with Crippen molar-refractivity contribution in [3.05, 3.63) is 34.6 Å². The van der Waals surface area contributed by atoms with Crippen LogP contribution in [-0.4, -0.2) is 49.1 Å². The Balaban J connectivity index is 2.04. The lowest BCUT2D eigenvalue weighted by atomic mass is 10.2. The molecule has 1 aromatic rings. The van der Waals surface area contributed by atoms with Gasteiger partial charge in [-0.15, -0.1) is 0 Å². The largest absolute Gasteiger partial charge is 0.355 e. The Kier molecular flexibility index (Phi) is 5.96. The van der Waals surface area contributed by atoms with Crippen LogP contribution in [0.1, 0.15) is 18.9 Å². The highest BCUT2D eigenvalue weighted by molar-refractivity contribution is 7.87. The van der Waals surface area contributed by atoms with Gasteiger partial charge in [0.2, 0.25) is 5.91 Å². The number of nitrogens with zero attached hydrogens (tertiary/aromatic N) is 2. The molecule has 23 heavy (non-hydrogen) atoms. The molecule has 1 aliphatic heterocycles. The molecule has 6 nitrogen and oxygen atoms in total. The van der Waals surface area contributed by atoms with Crippen LogP contribution in [0.4, 0.5) is 4.39 Å². The zero-order valence-electron chi connectivity index (χ0n) is 12.8. The molecule has 1 aliphatic rings. The van der Waals surface area contributed by atoms with Crippen molar-refractivity contribution in [3.63, 3.8) is 0 Å². The average Bonchev–Trinajstić information content (AvgIpc) is 2.75. The number of benzene rings is 1. The zero-order valence-corrected chi connectivity index (χ0v) is 14.3. The third kappa shape index (κ3) is 4.41. The van der Waals surface area contributed by atoms with Crippen molar-refractivity contribution in [2.45, 2.75) is 19.9 Å². The van der Waals surface area contributed by atoms with E-state index in [1.807, 2.05) is 6.92 Å². The van der Waals surface area contributed by atoms with Crippen LogP contribution < -0.4 is 5.32 Å². The number of hydrogen-bond acceptors (Lipinski definition) is 3. The molecule has 9 heteroatoms. The SMILES string of the molecule is CCCNC(=O)CN1CCN(Cc2ccc(F)cc2Cl)S1(=O)=O. The van der Waals surface area contributed by atoms with Crippen molar-refractivity contribution < 1.29 is 17.6 Å². The summed E-state index contributed by atoms with van der Waals surface area (Å²) < 4.78 is 40.3. The molecule has 128 valence electrons. The van der Waals surface area contributed by atoms with E-state index >= 15 is 0 Å². The van der Waals surface area contributed by atoms with Gasteiger partial charge in [-0.1, -0.05) is 24.6 Å². The summed E-state index contributed by atoms with van der Waals surface area (Å²) >= 11 is 5.94. The molecule has 0 bridgehead atoms. The van der Waals surface area contributed by atoms with Crippen molar-refractivity contribution in [3.8, 4) is 0 Å². The lowest BCUT2D eigenvalue weighted by Crippen LogP contribution is -2.40. The van der Waals surface area contributed by atoms with Crippen molar-refractivity contribution in [2.75, 3.05) is 26.2 Å². The minimum absolute atomic E-state index is 0.0501. The molecule has 2 rings (SSSR count). The zero-order chi connectivity index (χ0) is 17.0. The number of halogens is 2. The van der Waals surface area contributed by atoms with Gasteiger partial charge in [-0.05, 0) is 24.1 Å². The molecule has 0 radical (unpaired) electrons. The van der Waals surface area contributed by atoms with Crippen molar-refractivity contribution in [2.24, 2.45) is 0 Å². The molecule has 1 aromatic carbocycles. The van der Waals surface area contributed by atoms with E-state index in [0.29, 0.717) is 12.1 Å². The maximum absolute atomic E-state index is 13.1. The minimum atomic E-state index is -3.72. The first-order chi connectivity index (χ1) is 10.8.